The molecule has 0 bridgehead atoms. The zero-order valence-electron chi connectivity index (χ0n) is 14.3. The molecule has 1 rings (SSSR count). The van der Waals surface area contributed by atoms with E-state index in [1.165, 1.54) is 16.4 Å². The molecule has 0 fully saturated rings. The van der Waals surface area contributed by atoms with Crippen LogP contribution in [0.15, 0.2) is 24.3 Å². The van der Waals surface area contributed by atoms with E-state index in [-0.39, 0.29) is 18.7 Å². The number of carbonyl (C=O) groups is 1. The number of rotatable bonds is 9. The number of benzene rings is 1. The maximum Gasteiger partial charge on any atom is 0.418 e. The summed E-state index contributed by atoms with van der Waals surface area (Å²) < 4.78 is 63.3. The number of nitrogens with zero attached hydrogens (tertiary/aromatic N) is 1. The largest absolute Gasteiger partial charge is 0.418 e. The first-order chi connectivity index (χ1) is 11.6. The first-order valence-electron chi connectivity index (χ1n) is 7.97. The van der Waals surface area contributed by atoms with Crippen LogP contribution in [0.3, 0.4) is 0 Å². The Bertz CT molecular complexity index is 675. The normalized spacial score (nSPS) is 12.4. The highest BCUT2D eigenvalue weighted by molar-refractivity contribution is 7.88. The lowest BCUT2D eigenvalue weighted by atomic mass is 10.1. The Labute approximate surface area is 146 Å². The van der Waals surface area contributed by atoms with Crippen LogP contribution in [0.5, 0.6) is 0 Å². The van der Waals surface area contributed by atoms with Gasteiger partial charge in [0.25, 0.3) is 0 Å². The molecule has 5 nitrogen and oxygen atoms in total. The minimum absolute atomic E-state index is 0.0669. The van der Waals surface area contributed by atoms with E-state index in [1.807, 2.05) is 6.92 Å². The molecule has 0 unspecified atom stereocenters. The molecular formula is C16H23F3N2O3S. The van der Waals surface area contributed by atoms with Gasteiger partial charge in [0.2, 0.25) is 15.9 Å². The van der Waals surface area contributed by atoms with E-state index in [2.05, 4.69) is 5.32 Å². The summed E-state index contributed by atoms with van der Waals surface area (Å²) in [4.78, 5) is 12.0. The molecule has 1 aromatic carbocycles. The van der Waals surface area contributed by atoms with Crippen molar-refractivity contribution in [2.45, 2.75) is 38.8 Å². The molecule has 1 aromatic rings. The van der Waals surface area contributed by atoms with Crippen LogP contribution in [0.2, 0.25) is 0 Å². The van der Waals surface area contributed by atoms with Crippen molar-refractivity contribution in [1.29, 1.82) is 0 Å². The predicted octanol–water partition coefficient (Wildman–Crippen LogP) is 3.49. The summed E-state index contributed by atoms with van der Waals surface area (Å²) in [7, 11) is -3.47. The minimum Gasteiger partial charge on any atom is -0.325 e. The van der Waals surface area contributed by atoms with Crippen LogP contribution in [0, 0.1) is 0 Å². The van der Waals surface area contributed by atoms with Gasteiger partial charge in [0.15, 0.2) is 0 Å². The predicted molar refractivity (Wildman–Crippen MR) is 90.6 cm³/mol. The van der Waals surface area contributed by atoms with E-state index in [1.54, 1.807) is 0 Å². The van der Waals surface area contributed by atoms with Gasteiger partial charge < -0.3 is 5.32 Å². The molecule has 0 heterocycles. The van der Waals surface area contributed by atoms with Gasteiger partial charge >= 0.3 is 6.18 Å². The molecule has 1 N–H and O–H groups in total. The molecule has 9 heteroatoms. The fourth-order valence-electron chi connectivity index (χ4n) is 2.26. The number of hydrogen-bond acceptors (Lipinski definition) is 3. The standard InChI is InChI=1S/C16H23F3N2O3S/c1-3-4-7-11-21(25(2,23)24)12-10-15(22)20-14-9-6-5-8-13(14)16(17,18)19/h5-6,8-9H,3-4,7,10-12H2,1-2H3,(H,20,22). The van der Waals surface area contributed by atoms with Crippen LogP contribution >= 0.6 is 0 Å². The number of anilines is 1. The summed E-state index contributed by atoms with van der Waals surface area (Å²) in [5.74, 6) is -0.666. The number of para-hydroxylation sites is 1. The van der Waals surface area contributed by atoms with Crippen LogP contribution in [0.4, 0.5) is 18.9 Å². The average molecular weight is 380 g/mol. The topological polar surface area (TPSA) is 66.5 Å². The monoisotopic (exact) mass is 380 g/mol. The first-order valence-corrected chi connectivity index (χ1v) is 9.81. The number of hydrogen-bond donors (Lipinski definition) is 1. The van der Waals surface area contributed by atoms with Gasteiger partial charge in [0.05, 0.1) is 17.5 Å². The van der Waals surface area contributed by atoms with E-state index in [4.69, 9.17) is 0 Å². The third kappa shape index (κ3) is 7.43. The van der Waals surface area contributed by atoms with Crippen molar-refractivity contribution in [3.63, 3.8) is 0 Å². The molecule has 0 aliphatic rings. The number of carbonyl (C=O) groups excluding carboxylic acids is 1. The van der Waals surface area contributed by atoms with Crippen molar-refractivity contribution < 1.29 is 26.4 Å². The Hall–Kier alpha value is -1.61. The summed E-state index contributed by atoms with van der Waals surface area (Å²) in [6.07, 6.45) is -1.30. The summed E-state index contributed by atoms with van der Waals surface area (Å²) in [5, 5.41) is 2.21. The summed E-state index contributed by atoms with van der Waals surface area (Å²) in [6, 6.07) is 4.66. The highest BCUT2D eigenvalue weighted by Crippen LogP contribution is 2.34. The number of alkyl halides is 3. The van der Waals surface area contributed by atoms with Crippen LogP contribution in [-0.2, 0) is 21.0 Å². The Morgan fingerprint density at radius 1 is 1.16 bits per heavy atom. The highest BCUT2D eigenvalue weighted by Gasteiger charge is 2.33. The quantitative estimate of drug-likeness (QED) is 0.667. The van der Waals surface area contributed by atoms with Gasteiger partial charge in [-0.1, -0.05) is 31.9 Å². The molecule has 25 heavy (non-hydrogen) atoms. The summed E-state index contributed by atoms with van der Waals surface area (Å²) in [5.41, 5.74) is -1.27. The number of halogens is 3. The third-order valence-corrected chi connectivity index (χ3v) is 4.88. The SMILES string of the molecule is CCCCCN(CCC(=O)Nc1ccccc1C(F)(F)F)S(C)(=O)=O. The molecule has 0 aliphatic heterocycles. The lowest BCUT2D eigenvalue weighted by molar-refractivity contribution is -0.137. The van der Waals surface area contributed by atoms with Crippen LogP contribution in [0.25, 0.3) is 0 Å². The molecule has 0 saturated carbocycles. The van der Waals surface area contributed by atoms with Crippen molar-refractivity contribution in [2.24, 2.45) is 0 Å². The van der Waals surface area contributed by atoms with Crippen molar-refractivity contribution in [3.8, 4) is 0 Å². The molecule has 0 aromatic heterocycles. The van der Waals surface area contributed by atoms with Crippen LogP contribution in [0.1, 0.15) is 38.2 Å². The molecule has 1 amide bonds. The van der Waals surface area contributed by atoms with Crippen molar-refractivity contribution in [3.05, 3.63) is 29.8 Å². The number of nitrogens with one attached hydrogen (secondary N) is 1. The van der Waals surface area contributed by atoms with Crippen LogP contribution < -0.4 is 5.32 Å². The zero-order chi connectivity index (χ0) is 19.1. The lowest BCUT2D eigenvalue weighted by Crippen LogP contribution is -2.34. The van der Waals surface area contributed by atoms with Crippen molar-refractivity contribution in [2.75, 3.05) is 24.7 Å². The lowest BCUT2D eigenvalue weighted by Gasteiger charge is -2.20. The van der Waals surface area contributed by atoms with E-state index in [0.717, 1.165) is 31.2 Å². The van der Waals surface area contributed by atoms with E-state index < -0.39 is 27.7 Å². The smallest absolute Gasteiger partial charge is 0.325 e. The second-order valence-corrected chi connectivity index (χ2v) is 7.69. The second-order valence-electron chi connectivity index (χ2n) is 5.71. The molecule has 0 aliphatic carbocycles. The molecular weight excluding hydrogens is 357 g/mol. The second kappa shape index (κ2) is 9.19. The summed E-state index contributed by atoms with van der Waals surface area (Å²) in [6.45, 7) is 2.21. The Balaban J connectivity index is 2.70. The Morgan fingerprint density at radius 2 is 1.80 bits per heavy atom. The molecule has 0 radical (unpaired) electrons. The number of sulfonamides is 1. The third-order valence-electron chi connectivity index (χ3n) is 3.57. The maximum absolute atomic E-state index is 12.9. The van der Waals surface area contributed by atoms with Crippen molar-refractivity contribution >= 4 is 21.6 Å². The molecule has 0 spiro atoms. The van der Waals surface area contributed by atoms with E-state index >= 15 is 0 Å². The fourth-order valence-corrected chi connectivity index (χ4v) is 3.14. The van der Waals surface area contributed by atoms with Gasteiger partial charge in [0, 0.05) is 19.5 Å². The maximum atomic E-state index is 12.9. The van der Waals surface area contributed by atoms with Gasteiger partial charge in [-0.05, 0) is 18.6 Å². The fraction of sp³-hybridized carbons (Fsp3) is 0.562. The molecule has 0 saturated heterocycles. The Morgan fingerprint density at radius 3 is 2.36 bits per heavy atom. The zero-order valence-corrected chi connectivity index (χ0v) is 15.1. The summed E-state index contributed by atoms with van der Waals surface area (Å²) >= 11 is 0. The van der Waals surface area contributed by atoms with Gasteiger partial charge in [-0.15, -0.1) is 0 Å². The van der Waals surface area contributed by atoms with Gasteiger partial charge in [-0.3, -0.25) is 4.79 Å². The molecule has 142 valence electrons. The molecule has 0 atom stereocenters. The van der Waals surface area contributed by atoms with Gasteiger partial charge in [-0.25, -0.2) is 12.7 Å². The number of amides is 1. The van der Waals surface area contributed by atoms with E-state index in [9.17, 15) is 26.4 Å². The Kier molecular flexibility index (Phi) is 7.88. The van der Waals surface area contributed by atoms with E-state index in [0.29, 0.717) is 13.0 Å². The highest BCUT2D eigenvalue weighted by atomic mass is 32.2. The van der Waals surface area contributed by atoms with Crippen LogP contribution in [-0.4, -0.2) is 38.0 Å². The minimum atomic E-state index is -4.58. The van der Waals surface area contributed by atoms with Gasteiger partial charge in [0.1, 0.15) is 0 Å². The van der Waals surface area contributed by atoms with Gasteiger partial charge in [-0.2, -0.15) is 13.2 Å². The average Bonchev–Trinajstić information content (AvgIpc) is 2.49. The first kappa shape index (κ1) is 21.4. The van der Waals surface area contributed by atoms with Crippen molar-refractivity contribution in [1.82, 2.24) is 4.31 Å². The number of unbranched alkanes of at least 4 members (excludes halogenated alkanes) is 2.